The molecule has 0 aliphatic carbocycles. The Morgan fingerprint density at radius 2 is 1.41 bits per heavy atom. The second-order valence-corrected chi connectivity index (χ2v) is 6.98. The van der Waals surface area contributed by atoms with Crippen LogP contribution in [0.25, 0.3) is 0 Å². The monoisotopic (exact) mass is 432 g/mol. The van der Waals surface area contributed by atoms with Gasteiger partial charge in [-0.05, 0) is 55.0 Å². The van der Waals surface area contributed by atoms with Crippen molar-refractivity contribution in [1.29, 1.82) is 0 Å². The van der Waals surface area contributed by atoms with Gasteiger partial charge in [0.05, 0.1) is 27.3 Å². The van der Waals surface area contributed by atoms with Crippen molar-refractivity contribution in [2.24, 2.45) is 0 Å². The van der Waals surface area contributed by atoms with E-state index in [1.807, 2.05) is 19.1 Å². The number of rotatable bonds is 6. The number of nitro groups is 2. The summed E-state index contributed by atoms with van der Waals surface area (Å²) in [7, 11) is 0. The Kier molecular flexibility index (Phi) is 5.86. The fourth-order valence-corrected chi connectivity index (χ4v) is 3.00. The molecule has 0 aromatic heterocycles. The molecule has 2 N–H and O–H groups in total. The van der Waals surface area contributed by atoms with E-state index >= 15 is 0 Å². The van der Waals surface area contributed by atoms with Crippen molar-refractivity contribution in [3.63, 3.8) is 0 Å². The molecule has 0 aliphatic rings. The van der Waals surface area contributed by atoms with Gasteiger partial charge in [-0.15, -0.1) is 0 Å². The van der Waals surface area contributed by atoms with E-state index < -0.39 is 21.2 Å². The van der Waals surface area contributed by atoms with E-state index in [0.717, 1.165) is 17.3 Å². The number of benzene rings is 3. The third kappa shape index (κ3) is 4.74. The maximum absolute atomic E-state index is 11.4. The van der Waals surface area contributed by atoms with E-state index in [9.17, 15) is 20.2 Å². The topological polar surface area (TPSA) is 110 Å². The average molecular weight is 433 g/mol. The molecule has 0 spiro atoms. The van der Waals surface area contributed by atoms with Crippen molar-refractivity contribution in [1.82, 2.24) is 0 Å². The quantitative estimate of drug-likeness (QED) is 0.335. The van der Waals surface area contributed by atoms with Crippen LogP contribution < -0.4 is 10.6 Å². The lowest BCUT2D eigenvalue weighted by Crippen LogP contribution is -2.02. The maximum Gasteiger partial charge on any atom is 0.299 e. The van der Waals surface area contributed by atoms with Gasteiger partial charge in [0.25, 0.3) is 11.4 Å². The predicted molar refractivity (Wildman–Crippen MR) is 114 cm³/mol. The molecule has 3 aromatic carbocycles. The number of hydrogen-bond donors (Lipinski definition) is 2. The first-order valence-electron chi connectivity index (χ1n) is 8.27. The molecular formula is C19H14Cl2N4O4. The van der Waals surface area contributed by atoms with Crippen LogP contribution in [0.5, 0.6) is 0 Å². The van der Waals surface area contributed by atoms with Crippen LogP contribution >= 0.6 is 23.2 Å². The number of nitro benzene ring substituents is 2. The molecule has 0 aliphatic heterocycles. The molecule has 0 radical (unpaired) electrons. The molecule has 148 valence electrons. The fraction of sp³-hybridized carbons (Fsp3) is 0.0526. The molecule has 0 fully saturated rings. The number of nitrogens with one attached hydrogen (secondary N) is 2. The molecule has 8 nitrogen and oxygen atoms in total. The van der Waals surface area contributed by atoms with Crippen molar-refractivity contribution in [2.45, 2.75) is 6.92 Å². The first kappa shape index (κ1) is 20.4. The lowest BCUT2D eigenvalue weighted by Gasteiger charge is -2.15. The van der Waals surface area contributed by atoms with Crippen LogP contribution in [-0.4, -0.2) is 9.85 Å². The van der Waals surface area contributed by atoms with E-state index in [4.69, 9.17) is 23.2 Å². The Balaban J connectivity index is 2.02. The van der Waals surface area contributed by atoms with Gasteiger partial charge in [0.1, 0.15) is 10.7 Å². The van der Waals surface area contributed by atoms with Crippen LogP contribution in [0.1, 0.15) is 5.56 Å². The average Bonchev–Trinajstić information content (AvgIpc) is 2.65. The molecule has 3 rings (SSSR count). The predicted octanol–water partition coefficient (Wildman–Crippen LogP) is 6.61. The van der Waals surface area contributed by atoms with Gasteiger partial charge in [0.2, 0.25) is 0 Å². The fourth-order valence-electron chi connectivity index (χ4n) is 2.65. The standard InChI is InChI=1S/C19H14Cl2N4O4/c1-11-2-7-15(22-13-5-3-12(20)4-6-13)16(8-11)23-17-9-14(21)18(24(26)27)10-19(17)25(28)29/h2-10,22-23H,1H3. The summed E-state index contributed by atoms with van der Waals surface area (Å²) in [5.74, 6) is 0. The van der Waals surface area contributed by atoms with Crippen molar-refractivity contribution in [3.05, 3.63) is 90.4 Å². The highest BCUT2D eigenvalue weighted by atomic mass is 35.5. The summed E-state index contributed by atoms with van der Waals surface area (Å²) in [6, 6.07) is 14.5. The number of aryl methyl sites for hydroxylation is 1. The smallest absolute Gasteiger partial charge is 0.299 e. The Labute approximate surface area is 175 Å². The van der Waals surface area contributed by atoms with E-state index in [-0.39, 0.29) is 10.7 Å². The summed E-state index contributed by atoms with van der Waals surface area (Å²) in [4.78, 5) is 21.0. The Hall–Kier alpha value is -3.36. The van der Waals surface area contributed by atoms with E-state index in [0.29, 0.717) is 16.4 Å². The first-order valence-corrected chi connectivity index (χ1v) is 9.03. The molecule has 0 saturated heterocycles. The van der Waals surface area contributed by atoms with Crippen LogP contribution in [0.3, 0.4) is 0 Å². The van der Waals surface area contributed by atoms with Crippen LogP contribution in [0, 0.1) is 27.2 Å². The Morgan fingerprint density at radius 1 is 0.759 bits per heavy atom. The maximum atomic E-state index is 11.4. The Bertz CT molecular complexity index is 1100. The molecule has 0 atom stereocenters. The minimum Gasteiger partial charge on any atom is -0.354 e. The number of halogens is 2. The number of hydrogen-bond acceptors (Lipinski definition) is 6. The highest BCUT2D eigenvalue weighted by molar-refractivity contribution is 6.33. The second kappa shape index (κ2) is 8.34. The van der Waals surface area contributed by atoms with Gasteiger partial charge in [-0.25, -0.2) is 0 Å². The molecule has 10 heteroatoms. The van der Waals surface area contributed by atoms with Crippen LogP contribution in [0.2, 0.25) is 10.0 Å². The number of nitrogens with zero attached hydrogens (tertiary/aromatic N) is 2. The molecule has 0 saturated carbocycles. The van der Waals surface area contributed by atoms with Gasteiger partial charge >= 0.3 is 0 Å². The third-order valence-electron chi connectivity index (χ3n) is 4.03. The lowest BCUT2D eigenvalue weighted by atomic mass is 10.1. The summed E-state index contributed by atoms with van der Waals surface area (Å²) in [6.45, 7) is 1.87. The molecule has 3 aromatic rings. The van der Waals surface area contributed by atoms with Gasteiger partial charge in [-0.2, -0.15) is 0 Å². The first-order chi connectivity index (χ1) is 13.7. The van der Waals surface area contributed by atoms with Gasteiger partial charge in [-0.3, -0.25) is 20.2 Å². The zero-order valence-electron chi connectivity index (χ0n) is 15.0. The minimum atomic E-state index is -0.765. The van der Waals surface area contributed by atoms with Gasteiger partial charge in [-0.1, -0.05) is 29.3 Å². The highest BCUT2D eigenvalue weighted by Crippen LogP contribution is 2.39. The van der Waals surface area contributed by atoms with Gasteiger partial charge < -0.3 is 10.6 Å². The summed E-state index contributed by atoms with van der Waals surface area (Å²) in [5.41, 5.74) is 1.89. The summed E-state index contributed by atoms with van der Waals surface area (Å²) >= 11 is 11.9. The number of anilines is 4. The van der Waals surface area contributed by atoms with Crippen LogP contribution in [-0.2, 0) is 0 Å². The minimum absolute atomic E-state index is 0.0374. The molecule has 0 heterocycles. The molecule has 0 bridgehead atoms. The zero-order chi connectivity index (χ0) is 21.1. The zero-order valence-corrected chi connectivity index (χ0v) is 16.5. The largest absolute Gasteiger partial charge is 0.354 e. The van der Waals surface area contributed by atoms with Crippen LogP contribution in [0.15, 0.2) is 54.6 Å². The van der Waals surface area contributed by atoms with Gasteiger partial charge in [0, 0.05) is 10.7 Å². The molecule has 29 heavy (non-hydrogen) atoms. The van der Waals surface area contributed by atoms with E-state index in [1.165, 1.54) is 6.07 Å². The van der Waals surface area contributed by atoms with E-state index in [2.05, 4.69) is 10.6 Å². The highest BCUT2D eigenvalue weighted by Gasteiger charge is 2.24. The van der Waals surface area contributed by atoms with Crippen LogP contribution in [0.4, 0.5) is 34.1 Å². The lowest BCUT2D eigenvalue weighted by molar-refractivity contribution is -0.393. The summed E-state index contributed by atoms with van der Waals surface area (Å²) < 4.78 is 0. The van der Waals surface area contributed by atoms with Crippen molar-refractivity contribution in [2.75, 3.05) is 10.6 Å². The molecule has 0 unspecified atom stereocenters. The molecular weight excluding hydrogens is 419 g/mol. The molecule has 0 amide bonds. The Morgan fingerprint density at radius 3 is 2.03 bits per heavy atom. The van der Waals surface area contributed by atoms with Crippen molar-refractivity contribution in [3.8, 4) is 0 Å². The summed E-state index contributed by atoms with van der Waals surface area (Å²) in [5, 5.41) is 29.1. The van der Waals surface area contributed by atoms with E-state index in [1.54, 1.807) is 30.3 Å². The van der Waals surface area contributed by atoms with Crippen molar-refractivity contribution < 1.29 is 9.85 Å². The second-order valence-electron chi connectivity index (χ2n) is 6.14. The third-order valence-corrected chi connectivity index (χ3v) is 4.58. The van der Waals surface area contributed by atoms with Crippen molar-refractivity contribution >= 4 is 57.3 Å². The normalized spacial score (nSPS) is 10.4. The van der Waals surface area contributed by atoms with Gasteiger partial charge in [0.15, 0.2) is 0 Å². The SMILES string of the molecule is Cc1ccc(Nc2ccc(Cl)cc2)c(Nc2cc(Cl)c([N+](=O)[O-])cc2[N+](=O)[O-])c1. The summed E-state index contributed by atoms with van der Waals surface area (Å²) in [6.07, 6.45) is 0.